The van der Waals surface area contributed by atoms with Crippen molar-refractivity contribution in [3.8, 4) is 11.5 Å². The maximum Gasteiger partial charge on any atom is 0.131 e. The summed E-state index contributed by atoms with van der Waals surface area (Å²) in [6.07, 6.45) is 0. The number of hydrogen-bond donors (Lipinski definition) is 0. The topological polar surface area (TPSA) is 18.5 Å². The molecule has 1 aromatic carbocycles. The molecule has 1 aromatic rings. The van der Waals surface area contributed by atoms with E-state index in [1.54, 1.807) is 0 Å². The van der Waals surface area contributed by atoms with Gasteiger partial charge in [0.1, 0.15) is 17.1 Å². The quantitative estimate of drug-likeness (QED) is 0.786. The predicted octanol–water partition coefficient (Wildman–Crippen LogP) is 4.83. The molecule has 0 fully saturated rings. The van der Waals surface area contributed by atoms with E-state index in [-0.39, 0.29) is 5.60 Å². The van der Waals surface area contributed by atoms with E-state index in [1.807, 2.05) is 0 Å². The second-order valence-electron chi connectivity index (χ2n) is 6.70. The molecular weight excluding hydrogens is 248 g/mol. The summed E-state index contributed by atoms with van der Waals surface area (Å²) in [7, 11) is 0. The van der Waals surface area contributed by atoms with E-state index in [0.717, 1.165) is 40.4 Å². The number of benzene rings is 1. The summed E-state index contributed by atoms with van der Waals surface area (Å²) in [6.45, 7) is 19.7. The molecule has 0 atom stereocenters. The Balaban J connectivity index is 2.57. The minimum Gasteiger partial charge on any atom is -0.493 e. The van der Waals surface area contributed by atoms with Crippen LogP contribution in [-0.2, 0) is 0 Å². The van der Waals surface area contributed by atoms with Gasteiger partial charge in [-0.05, 0) is 57.2 Å². The van der Waals surface area contributed by atoms with Crippen LogP contribution in [0.1, 0.15) is 49.9 Å². The lowest BCUT2D eigenvalue weighted by molar-refractivity contribution is 0.188. The third-order valence-corrected chi connectivity index (χ3v) is 4.13. The Kier molecular flexibility index (Phi) is 3.62. The first-order chi connectivity index (χ1) is 9.16. The van der Waals surface area contributed by atoms with Gasteiger partial charge in [-0.15, -0.1) is 0 Å². The van der Waals surface area contributed by atoms with Crippen molar-refractivity contribution in [2.75, 3.05) is 6.61 Å². The molecule has 2 heteroatoms. The van der Waals surface area contributed by atoms with Crippen LogP contribution in [0.3, 0.4) is 0 Å². The molecule has 0 saturated heterocycles. The molecule has 110 valence electrons. The van der Waals surface area contributed by atoms with Gasteiger partial charge in [-0.25, -0.2) is 0 Å². The normalized spacial score (nSPS) is 16.3. The number of fused-ring (bicyclic) bond motifs is 1. The third-order valence-electron chi connectivity index (χ3n) is 4.13. The third kappa shape index (κ3) is 2.21. The van der Waals surface area contributed by atoms with Crippen LogP contribution >= 0.6 is 0 Å². The zero-order valence-corrected chi connectivity index (χ0v) is 13.8. The highest BCUT2D eigenvalue weighted by Gasteiger charge is 2.38. The highest BCUT2D eigenvalue weighted by Crippen LogP contribution is 2.50. The molecule has 0 radical (unpaired) electrons. The van der Waals surface area contributed by atoms with Crippen LogP contribution in [-0.4, -0.2) is 12.2 Å². The molecule has 0 bridgehead atoms. The largest absolute Gasteiger partial charge is 0.493 e. The van der Waals surface area contributed by atoms with Gasteiger partial charge in [-0.3, -0.25) is 0 Å². The van der Waals surface area contributed by atoms with Gasteiger partial charge >= 0.3 is 0 Å². The lowest BCUT2D eigenvalue weighted by atomic mass is 9.89. The monoisotopic (exact) mass is 274 g/mol. The fourth-order valence-corrected chi connectivity index (χ4v) is 2.67. The van der Waals surface area contributed by atoms with Crippen molar-refractivity contribution in [1.82, 2.24) is 0 Å². The summed E-state index contributed by atoms with van der Waals surface area (Å²) < 4.78 is 12.2. The smallest absolute Gasteiger partial charge is 0.131 e. The van der Waals surface area contributed by atoms with Crippen LogP contribution in [0.2, 0.25) is 0 Å². The Morgan fingerprint density at radius 2 is 1.70 bits per heavy atom. The Bertz CT molecular complexity index is 566. The van der Waals surface area contributed by atoms with Crippen LogP contribution < -0.4 is 9.47 Å². The van der Waals surface area contributed by atoms with E-state index in [0.29, 0.717) is 5.92 Å². The minimum absolute atomic E-state index is 0.332. The summed E-state index contributed by atoms with van der Waals surface area (Å²) in [5.74, 6) is 2.49. The van der Waals surface area contributed by atoms with Gasteiger partial charge in [0, 0.05) is 11.1 Å². The van der Waals surface area contributed by atoms with Crippen LogP contribution in [0.4, 0.5) is 0 Å². The standard InChI is InChI=1S/C18H26O2/c1-10(2)9-19-16-11(3)12(4)17-15(13(16)5)14(6)18(7,8)20-17/h10H,6,9H2,1-5,7-8H3. The molecule has 1 aliphatic rings. The second kappa shape index (κ2) is 4.83. The molecule has 0 spiro atoms. The zero-order chi connectivity index (χ0) is 15.2. The summed E-state index contributed by atoms with van der Waals surface area (Å²) in [4.78, 5) is 0. The first kappa shape index (κ1) is 15.0. The van der Waals surface area contributed by atoms with E-state index in [9.17, 15) is 0 Å². The SMILES string of the molecule is C=C1c2c(C)c(OCC(C)C)c(C)c(C)c2OC1(C)C. The van der Waals surface area contributed by atoms with Crippen LogP contribution in [0.25, 0.3) is 5.57 Å². The highest BCUT2D eigenvalue weighted by molar-refractivity contribution is 5.83. The molecule has 0 saturated carbocycles. The average Bonchev–Trinajstić information content (AvgIpc) is 2.58. The van der Waals surface area contributed by atoms with Crippen molar-refractivity contribution in [3.63, 3.8) is 0 Å². The van der Waals surface area contributed by atoms with Crippen LogP contribution in [0.5, 0.6) is 11.5 Å². The lowest BCUT2D eigenvalue weighted by Gasteiger charge is -2.19. The molecular formula is C18H26O2. The number of rotatable bonds is 3. The van der Waals surface area contributed by atoms with Crippen molar-refractivity contribution in [3.05, 3.63) is 28.8 Å². The molecule has 1 heterocycles. The number of hydrogen-bond acceptors (Lipinski definition) is 2. The summed E-state index contributed by atoms with van der Waals surface area (Å²) >= 11 is 0. The number of ether oxygens (including phenoxy) is 2. The molecule has 0 aromatic heterocycles. The van der Waals surface area contributed by atoms with E-state index >= 15 is 0 Å². The Labute approximate surface area is 122 Å². The van der Waals surface area contributed by atoms with Gasteiger partial charge in [0.15, 0.2) is 0 Å². The van der Waals surface area contributed by atoms with Crippen LogP contribution in [0.15, 0.2) is 6.58 Å². The highest BCUT2D eigenvalue weighted by atomic mass is 16.5. The molecule has 0 N–H and O–H groups in total. The van der Waals surface area contributed by atoms with Crippen molar-refractivity contribution in [1.29, 1.82) is 0 Å². The minimum atomic E-state index is -0.332. The van der Waals surface area contributed by atoms with Gasteiger partial charge < -0.3 is 9.47 Å². The fourth-order valence-electron chi connectivity index (χ4n) is 2.67. The van der Waals surface area contributed by atoms with E-state index < -0.39 is 0 Å². The van der Waals surface area contributed by atoms with Gasteiger partial charge in [0.05, 0.1) is 6.61 Å². The second-order valence-corrected chi connectivity index (χ2v) is 6.70. The molecule has 2 nitrogen and oxygen atoms in total. The van der Waals surface area contributed by atoms with E-state index in [2.05, 4.69) is 55.0 Å². The van der Waals surface area contributed by atoms with Gasteiger partial charge in [-0.1, -0.05) is 20.4 Å². The van der Waals surface area contributed by atoms with Gasteiger partial charge in [0.2, 0.25) is 0 Å². The fraction of sp³-hybridized carbons (Fsp3) is 0.556. The van der Waals surface area contributed by atoms with Crippen molar-refractivity contribution < 1.29 is 9.47 Å². The summed E-state index contributed by atoms with van der Waals surface area (Å²) in [6, 6.07) is 0. The molecule has 0 unspecified atom stereocenters. The zero-order valence-electron chi connectivity index (χ0n) is 13.8. The Morgan fingerprint density at radius 1 is 1.10 bits per heavy atom. The van der Waals surface area contributed by atoms with Crippen molar-refractivity contribution in [2.24, 2.45) is 5.92 Å². The van der Waals surface area contributed by atoms with Gasteiger partial charge in [0.25, 0.3) is 0 Å². The summed E-state index contributed by atoms with van der Waals surface area (Å²) in [5, 5.41) is 0. The van der Waals surface area contributed by atoms with Gasteiger partial charge in [-0.2, -0.15) is 0 Å². The molecule has 0 amide bonds. The van der Waals surface area contributed by atoms with E-state index in [1.165, 1.54) is 5.56 Å². The average molecular weight is 274 g/mol. The van der Waals surface area contributed by atoms with E-state index in [4.69, 9.17) is 9.47 Å². The molecule has 20 heavy (non-hydrogen) atoms. The molecule has 0 aliphatic carbocycles. The van der Waals surface area contributed by atoms with Crippen molar-refractivity contribution in [2.45, 2.75) is 54.1 Å². The molecule has 1 aliphatic heterocycles. The Hall–Kier alpha value is -1.44. The van der Waals surface area contributed by atoms with Crippen molar-refractivity contribution >= 4 is 5.57 Å². The first-order valence-electron chi connectivity index (χ1n) is 7.32. The maximum absolute atomic E-state index is 6.12. The molecule has 2 rings (SSSR count). The summed E-state index contributed by atoms with van der Waals surface area (Å²) in [5.41, 5.74) is 5.34. The lowest BCUT2D eigenvalue weighted by Crippen LogP contribution is -2.23. The predicted molar refractivity (Wildman–Crippen MR) is 84.7 cm³/mol. The Morgan fingerprint density at radius 3 is 2.25 bits per heavy atom. The first-order valence-corrected chi connectivity index (χ1v) is 7.32. The maximum atomic E-state index is 6.12. The van der Waals surface area contributed by atoms with Crippen LogP contribution in [0, 0.1) is 26.7 Å².